The van der Waals surface area contributed by atoms with Crippen LogP contribution in [0.3, 0.4) is 0 Å². The molecule has 2 aromatic rings. The maximum atomic E-state index is 11.8. The molecule has 0 fully saturated rings. The zero-order chi connectivity index (χ0) is 13.2. The van der Waals surface area contributed by atoms with Crippen molar-refractivity contribution in [3.05, 3.63) is 45.7 Å². The van der Waals surface area contributed by atoms with E-state index in [0.29, 0.717) is 18.8 Å². The molecule has 19 heavy (non-hydrogen) atoms. The number of hydrogen-bond acceptors (Lipinski definition) is 3. The minimum Gasteiger partial charge on any atom is -0.493 e. The van der Waals surface area contributed by atoms with Crippen LogP contribution in [0.5, 0.6) is 5.75 Å². The standard InChI is InChI=1S/C13H12BrN3O2/c14-10-5-8-2-4-19-12(8)9(6-10)7-15-13(18)11-1-3-16-17-11/h1,3,5-6H,2,4,7H2,(H,15,18)(H,16,17). The summed E-state index contributed by atoms with van der Waals surface area (Å²) in [6.45, 7) is 1.13. The van der Waals surface area contributed by atoms with Gasteiger partial charge in [0.05, 0.1) is 6.61 Å². The molecule has 0 unspecified atom stereocenters. The van der Waals surface area contributed by atoms with Crippen LogP contribution in [0.15, 0.2) is 28.9 Å². The number of nitrogens with one attached hydrogen (secondary N) is 2. The van der Waals surface area contributed by atoms with E-state index < -0.39 is 0 Å². The van der Waals surface area contributed by atoms with Gasteiger partial charge < -0.3 is 10.1 Å². The molecule has 0 radical (unpaired) electrons. The van der Waals surface area contributed by atoms with Crippen LogP contribution < -0.4 is 10.1 Å². The Morgan fingerprint density at radius 1 is 1.53 bits per heavy atom. The van der Waals surface area contributed by atoms with Crippen molar-refractivity contribution in [2.45, 2.75) is 13.0 Å². The van der Waals surface area contributed by atoms with Gasteiger partial charge in [-0.3, -0.25) is 9.89 Å². The minimum absolute atomic E-state index is 0.177. The van der Waals surface area contributed by atoms with Crippen LogP contribution in [0.25, 0.3) is 0 Å². The van der Waals surface area contributed by atoms with Gasteiger partial charge in [0.2, 0.25) is 0 Å². The second kappa shape index (κ2) is 5.05. The van der Waals surface area contributed by atoms with Gasteiger partial charge in [-0.25, -0.2) is 0 Å². The van der Waals surface area contributed by atoms with E-state index in [-0.39, 0.29) is 5.91 Å². The topological polar surface area (TPSA) is 67.0 Å². The van der Waals surface area contributed by atoms with Gasteiger partial charge in [-0.2, -0.15) is 5.10 Å². The maximum Gasteiger partial charge on any atom is 0.269 e. The van der Waals surface area contributed by atoms with E-state index in [1.807, 2.05) is 6.07 Å². The number of amides is 1. The zero-order valence-electron chi connectivity index (χ0n) is 10.1. The lowest BCUT2D eigenvalue weighted by Crippen LogP contribution is -2.23. The molecule has 0 saturated heterocycles. The third-order valence-corrected chi connectivity index (χ3v) is 3.47. The largest absolute Gasteiger partial charge is 0.493 e. The number of aromatic amines is 1. The Balaban J connectivity index is 1.76. The number of fused-ring (bicyclic) bond motifs is 1. The van der Waals surface area contributed by atoms with Crippen LogP contribution in [-0.4, -0.2) is 22.7 Å². The van der Waals surface area contributed by atoms with Gasteiger partial charge in [-0.15, -0.1) is 0 Å². The number of H-pyrrole nitrogens is 1. The fraction of sp³-hybridized carbons (Fsp3) is 0.231. The smallest absolute Gasteiger partial charge is 0.269 e. The number of hydrogen-bond donors (Lipinski definition) is 2. The van der Waals surface area contributed by atoms with Gasteiger partial charge in [0.1, 0.15) is 11.4 Å². The number of ether oxygens (including phenoxy) is 1. The highest BCUT2D eigenvalue weighted by molar-refractivity contribution is 9.10. The molecule has 2 N–H and O–H groups in total. The summed E-state index contributed by atoms with van der Waals surface area (Å²) < 4.78 is 6.62. The third-order valence-electron chi connectivity index (χ3n) is 3.01. The van der Waals surface area contributed by atoms with E-state index in [1.54, 1.807) is 12.3 Å². The quantitative estimate of drug-likeness (QED) is 0.909. The Kier molecular flexibility index (Phi) is 3.25. The summed E-state index contributed by atoms with van der Waals surface area (Å²) in [4.78, 5) is 11.8. The average molecular weight is 322 g/mol. The third kappa shape index (κ3) is 2.49. The van der Waals surface area contributed by atoms with Crippen molar-refractivity contribution in [2.24, 2.45) is 0 Å². The van der Waals surface area contributed by atoms with Crippen molar-refractivity contribution in [3.63, 3.8) is 0 Å². The van der Waals surface area contributed by atoms with E-state index in [0.717, 1.165) is 22.2 Å². The fourth-order valence-electron chi connectivity index (χ4n) is 2.13. The summed E-state index contributed by atoms with van der Waals surface area (Å²) >= 11 is 3.48. The predicted octanol–water partition coefficient (Wildman–Crippen LogP) is 2.04. The van der Waals surface area contributed by atoms with Crippen molar-refractivity contribution in [1.82, 2.24) is 15.5 Å². The van der Waals surface area contributed by atoms with E-state index >= 15 is 0 Å². The minimum atomic E-state index is -0.177. The van der Waals surface area contributed by atoms with Gasteiger partial charge in [0.25, 0.3) is 5.91 Å². The Labute approximate surface area is 118 Å². The highest BCUT2D eigenvalue weighted by atomic mass is 79.9. The monoisotopic (exact) mass is 321 g/mol. The second-order valence-electron chi connectivity index (χ2n) is 4.30. The van der Waals surface area contributed by atoms with E-state index in [1.165, 1.54) is 5.56 Å². The lowest BCUT2D eigenvalue weighted by atomic mass is 10.1. The fourth-order valence-corrected chi connectivity index (χ4v) is 2.68. The zero-order valence-corrected chi connectivity index (χ0v) is 11.7. The van der Waals surface area contributed by atoms with Gasteiger partial charge in [0.15, 0.2) is 0 Å². The second-order valence-corrected chi connectivity index (χ2v) is 5.22. The van der Waals surface area contributed by atoms with Crippen LogP contribution >= 0.6 is 15.9 Å². The number of benzene rings is 1. The first-order valence-corrected chi connectivity index (χ1v) is 6.75. The molecule has 1 amide bonds. The first kappa shape index (κ1) is 12.2. The molecule has 2 heterocycles. The van der Waals surface area contributed by atoms with E-state index in [4.69, 9.17) is 4.74 Å². The molecule has 0 aliphatic carbocycles. The first-order chi connectivity index (χ1) is 9.24. The molecule has 0 spiro atoms. The van der Waals surface area contributed by atoms with Crippen LogP contribution in [0.4, 0.5) is 0 Å². The maximum absolute atomic E-state index is 11.8. The van der Waals surface area contributed by atoms with Crippen LogP contribution in [0, 0.1) is 0 Å². The van der Waals surface area contributed by atoms with Crippen molar-refractivity contribution in [2.75, 3.05) is 6.61 Å². The molecule has 0 bridgehead atoms. The van der Waals surface area contributed by atoms with Crippen LogP contribution in [0.1, 0.15) is 21.6 Å². The average Bonchev–Trinajstić information content (AvgIpc) is 3.05. The molecule has 6 heteroatoms. The number of rotatable bonds is 3. The highest BCUT2D eigenvalue weighted by Crippen LogP contribution is 2.32. The van der Waals surface area contributed by atoms with Gasteiger partial charge in [0, 0.05) is 29.2 Å². The van der Waals surface area contributed by atoms with Crippen molar-refractivity contribution >= 4 is 21.8 Å². The molecule has 1 aliphatic heterocycles. The molecule has 0 saturated carbocycles. The van der Waals surface area contributed by atoms with Crippen molar-refractivity contribution in [1.29, 1.82) is 0 Å². The summed E-state index contributed by atoms with van der Waals surface area (Å²) in [5.41, 5.74) is 2.61. The molecule has 5 nitrogen and oxygen atoms in total. The predicted molar refractivity (Wildman–Crippen MR) is 73.1 cm³/mol. The Hall–Kier alpha value is -1.82. The summed E-state index contributed by atoms with van der Waals surface area (Å²) in [5, 5.41) is 9.23. The normalized spacial score (nSPS) is 12.9. The Morgan fingerprint density at radius 2 is 2.42 bits per heavy atom. The summed E-state index contributed by atoms with van der Waals surface area (Å²) in [5.74, 6) is 0.720. The molecule has 1 aliphatic rings. The summed E-state index contributed by atoms with van der Waals surface area (Å²) in [7, 11) is 0. The highest BCUT2D eigenvalue weighted by Gasteiger charge is 2.18. The molecule has 1 aromatic heterocycles. The van der Waals surface area contributed by atoms with Crippen molar-refractivity contribution < 1.29 is 9.53 Å². The lowest BCUT2D eigenvalue weighted by Gasteiger charge is -2.09. The number of carbonyl (C=O) groups excluding carboxylic acids is 1. The van der Waals surface area contributed by atoms with Crippen LogP contribution in [-0.2, 0) is 13.0 Å². The molecular weight excluding hydrogens is 310 g/mol. The molecule has 3 rings (SSSR count). The van der Waals surface area contributed by atoms with Gasteiger partial charge in [-0.1, -0.05) is 15.9 Å². The number of aromatic nitrogens is 2. The van der Waals surface area contributed by atoms with E-state index in [9.17, 15) is 4.79 Å². The Bertz CT molecular complexity index is 611. The molecular formula is C13H12BrN3O2. The number of halogens is 1. The SMILES string of the molecule is O=C(NCc1cc(Br)cc2c1OCC2)c1ccn[nH]1. The summed E-state index contributed by atoms with van der Waals surface area (Å²) in [6.07, 6.45) is 2.46. The van der Waals surface area contributed by atoms with Crippen molar-refractivity contribution in [3.8, 4) is 5.75 Å². The summed E-state index contributed by atoms with van der Waals surface area (Å²) in [6, 6.07) is 5.66. The Morgan fingerprint density at radius 3 is 3.21 bits per heavy atom. The molecule has 98 valence electrons. The number of carbonyl (C=O) groups is 1. The first-order valence-electron chi connectivity index (χ1n) is 5.96. The number of nitrogens with zero attached hydrogens (tertiary/aromatic N) is 1. The molecule has 1 aromatic carbocycles. The van der Waals surface area contributed by atoms with Gasteiger partial charge >= 0.3 is 0 Å². The van der Waals surface area contributed by atoms with Crippen LogP contribution in [0.2, 0.25) is 0 Å². The van der Waals surface area contributed by atoms with Gasteiger partial charge in [-0.05, 0) is 23.8 Å². The van der Waals surface area contributed by atoms with E-state index in [2.05, 4.69) is 37.5 Å². The molecule has 0 atom stereocenters. The lowest BCUT2D eigenvalue weighted by molar-refractivity contribution is 0.0945.